The Morgan fingerprint density at radius 1 is 1.14 bits per heavy atom. The summed E-state index contributed by atoms with van der Waals surface area (Å²) in [5, 5.41) is 1.80. The fourth-order valence-electron chi connectivity index (χ4n) is 3.86. The van der Waals surface area contributed by atoms with Gasteiger partial charge in [0.25, 0.3) is 0 Å². The number of nitrogens with zero attached hydrogens (tertiary/aromatic N) is 1. The number of fused-ring (bicyclic) bond motifs is 3. The number of benzene rings is 3. The van der Waals surface area contributed by atoms with Crippen LogP contribution in [0.15, 0.2) is 54.6 Å². The molecule has 0 aliphatic carbocycles. The van der Waals surface area contributed by atoms with Crippen LogP contribution in [0.3, 0.4) is 0 Å². The van der Waals surface area contributed by atoms with E-state index in [1.807, 2.05) is 37.3 Å². The lowest BCUT2D eigenvalue weighted by Crippen LogP contribution is -2.11. The molecule has 147 valence electrons. The Bertz CT molecular complexity index is 1200. The second-order valence-electron chi connectivity index (χ2n) is 7.58. The van der Waals surface area contributed by atoms with Gasteiger partial charge in [0.2, 0.25) is 5.91 Å². The highest BCUT2D eigenvalue weighted by molar-refractivity contribution is 6.17. The summed E-state index contributed by atoms with van der Waals surface area (Å²) in [7, 11) is 0. The van der Waals surface area contributed by atoms with Crippen molar-refractivity contribution in [1.29, 1.82) is 0 Å². The first kappa shape index (κ1) is 19.1. The summed E-state index contributed by atoms with van der Waals surface area (Å²) in [6.45, 7) is 7.62. The number of hydrogen-bond acceptors (Lipinski definition) is 2. The summed E-state index contributed by atoms with van der Waals surface area (Å²) in [5.74, 6) is 0.825. The standard InChI is InChI=1S/C25H25N2O2/c1-4-29-19-8-5-7-17(13-19)15-27-22-10-6-9-21(25(26)28)24(22)20-12-11-18(16(2)3)14-23(20)27/h5-11,13-14,16H,4,15H2,1-3H3,(H2,26,28). The van der Waals surface area contributed by atoms with E-state index in [0.29, 0.717) is 24.6 Å². The summed E-state index contributed by atoms with van der Waals surface area (Å²) < 4.78 is 7.91. The van der Waals surface area contributed by atoms with Crippen molar-refractivity contribution in [2.75, 3.05) is 6.61 Å². The Labute approximate surface area is 170 Å². The molecule has 0 saturated carbocycles. The van der Waals surface area contributed by atoms with Crippen molar-refractivity contribution in [3.05, 3.63) is 77.4 Å². The molecule has 1 aromatic heterocycles. The first-order chi connectivity index (χ1) is 14.0. The molecule has 0 saturated heterocycles. The van der Waals surface area contributed by atoms with E-state index in [9.17, 15) is 4.79 Å². The topological polar surface area (TPSA) is 57.2 Å². The van der Waals surface area contributed by atoms with Crippen molar-refractivity contribution in [1.82, 2.24) is 4.57 Å². The lowest BCUT2D eigenvalue weighted by Gasteiger charge is -2.11. The predicted molar refractivity (Wildman–Crippen MR) is 118 cm³/mol. The molecular formula is C25H25N2O2. The van der Waals surface area contributed by atoms with Crippen molar-refractivity contribution in [3.63, 3.8) is 0 Å². The highest BCUT2D eigenvalue weighted by atomic mass is 16.5. The van der Waals surface area contributed by atoms with E-state index in [1.165, 1.54) is 5.56 Å². The van der Waals surface area contributed by atoms with Crippen LogP contribution in [0.5, 0.6) is 5.75 Å². The molecule has 0 spiro atoms. The third kappa shape index (κ3) is 3.46. The number of aromatic nitrogens is 1. The lowest BCUT2D eigenvalue weighted by molar-refractivity contribution is 0.100. The largest absolute Gasteiger partial charge is 0.494 e. The summed E-state index contributed by atoms with van der Waals surface area (Å²) in [6.07, 6.45) is 0. The van der Waals surface area contributed by atoms with Crippen molar-refractivity contribution in [3.8, 4) is 5.75 Å². The zero-order chi connectivity index (χ0) is 20.5. The van der Waals surface area contributed by atoms with Crippen LogP contribution in [-0.4, -0.2) is 17.1 Å². The minimum atomic E-state index is -0.422. The van der Waals surface area contributed by atoms with E-state index >= 15 is 0 Å². The van der Waals surface area contributed by atoms with E-state index in [0.717, 1.165) is 33.1 Å². The van der Waals surface area contributed by atoms with E-state index in [2.05, 4.69) is 42.7 Å². The van der Waals surface area contributed by atoms with E-state index in [1.54, 1.807) is 6.07 Å². The van der Waals surface area contributed by atoms with Crippen LogP contribution in [-0.2, 0) is 6.54 Å². The van der Waals surface area contributed by atoms with Crippen molar-refractivity contribution < 1.29 is 9.53 Å². The van der Waals surface area contributed by atoms with Gasteiger partial charge >= 0.3 is 0 Å². The fourth-order valence-corrected chi connectivity index (χ4v) is 3.86. The molecule has 0 aliphatic heterocycles. The number of carbonyl (C=O) groups excluding carboxylic acids is 1. The summed E-state index contributed by atoms with van der Waals surface area (Å²) >= 11 is 0. The van der Waals surface area contributed by atoms with Gasteiger partial charge in [-0.1, -0.05) is 38.1 Å². The normalized spacial score (nSPS) is 11.4. The summed E-state index contributed by atoms with van der Waals surface area (Å²) in [5.41, 5.74) is 10.6. The van der Waals surface area contributed by atoms with Gasteiger partial charge in [-0.05, 0) is 60.4 Å². The molecule has 0 unspecified atom stereocenters. The molecule has 29 heavy (non-hydrogen) atoms. The first-order valence-corrected chi connectivity index (χ1v) is 9.97. The first-order valence-electron chi connectivity index (χ1n) is 9.97. The van der Waals surface area contributed by atoms with E-state index in [-0.39, 0.29) is 0 Å². The molecule has 0 aliphatic rings. The highest BCUT2D eigenvalue weighted by Gasteiger charge is 2.17. The molecule has 2 N–H and O–H groups in total. The molecule has 1 amide bonds. The van der Waals surface area contributed by atoms with Crippen molar-refractivity contribution >= 4 is 27.7 Å². The van der Waals surface area contributed by atoms with Gasteiger partial charge in [0, 0.05) is 22.9 Å². The number of carbonyl (C=O) groups is 1. The van der Waals surface area contributed by atoms with Crippen LogP contribution in [0.4, 0.5) is 0 Å². The maximum absolute atomic E-state index is 12.1. The molecule has 3 aromatic carbocycles. The third-order valence-corrected chi connectivity index (χ3v) is 5.30. The van der Waals surface area contributed by atoms with Gasteiger partial charge < -0.3 is 15.0 Å². The maximum Gasteiger partial charge on any atom is 0.249 e. The number of primary amides is 1. The van der Waals surface area contributed by atoms with E-state index in [4.69, 9.17) is 10.5 Å². The van der Waals surface area contributed by atoms with Gasteiger partial charge in [-0.3, -0.25) is 4.79 Å². The van der Waals surface area contributed by atoms with Gasteiger partial charge in [-0.15, -0.1) is 0 Å². The van der Waals surface area contributed by atoms with Crippen LogP contribution in [0, 0.1) is 6.07 Å². The maximum atomic E-state index is 12.1. The number of rotatable bonds is 6. The lowest BCUT2D eigenvalue weighted by atomic mass is 10.00. The van der Waals surface area contributed by atoms with Crippen LogP contribution >= 0.6 is 0 Å². The van der Waals surface area contributed by atoms with E-state index < -0.39 is 5.91 Å². The molecule has 4 aromatic rings. The Balaban J connectivity index is 1.97. The summed E-state index contributed by atoms with van der Waals surface area (Å²) in [6, 6.07) is 21.5. The van der Waals surface area contributed by atoms with Gasteiger partial charge in [-0.25, -0.2) is 0 Å². The second-order valence-corrected chi connectivity index (χ2v) is 7.58. The second kappa shape index (κ2) is 7.63. The van der Waals surface area contributed by atoms with Gasteiger partial charge in [0.1, 0.15) is 5.75 Å². The van der Waals surface area contributed by atoms with Crippen LogP contribution in [0.1, 0.15) is 48.2 Å². The zero-order valence-corrected chi connectivity index (χ0v) is 17.0. The molecule has 0 fully saturated rings. The van der Waals surface area contributed by atoms with Gasteiger partial charge in [-0.2, -0.15) is 0 Å². The fraction of sp³-hybridized carbons (Fsp3) is 0.240. The Morgan fingerprint density at radius 2 is 1.93 bits per heavy atom. The van der Waals surface area contributed by atoms with Crippen LogP contribution in [0.25, 0.3) is 21.8 Å². The summed E-state index contributed by atoms with van der Waals surface area (Å²) in [4.78, 5) is 12.1. The smallest absolute Gasteiger partial charge is 0.249 e. The quantitative estimate of drug-likeness (QED) is 0.492. The average molecular weight is 385 g/mol. The third-order valence-electron chi connectivity index (χ3n) is 5.30. The molecule has 0 bridgehead atoms. The van der Waals surface area contributed by atoms with Gasteiger partial charge in [0.15, 0.2) is 0 Å². The number of nitrogens with two attached hydrogens (primary N) is 1. The molecule has 4 rings (SSSR count). The molecule has 1 heterocycles. The number of ether oxygens (including phenoxy) is 1. The molecular weight excluding hydrogens is 360 g/mol. The van der Waals surface area contributed by atoms with Crippen LogP contribution in [0.2, 0.25) is 0 Å². The Hall–Kier alpha value is -3.27. The van der Waals surface area contributed by atoms with Crippen molar-refractivity contribution in [2.24, 2.45) is 5.73 Å². The van der Waals surface area contributed by atoms with Crippen molar-refractivity contribution in [2.45, 2.75) is 33.2 Å². The number of amides is 1. The highest BCUT2D eigenvalue weighted by Crippen LogP contribution is 2.34. The minimum Gasteiger partial charge on any atom is -0.494 e. The number of hydrogen-bond donors (Lipinski definition) is 1. The zero-order valence-electron chi connectivity index (χ0n) is 17.0. The Morgan fingerprint density at radius 3 is 2.66 bits per heavy atom. The average Bonchev–Trinajstić information content (AvgIpc) is 3.01. The SMILES string of the molecule is CCOc1cccc(Cn2c3cc(C(C)C)c[c]c3c3c(C(N)=O)cccc32)c1. The molecule has 0 atom stereocenters. The minimum absolute atomic E-state index is 0.388. The van der Waals surface area contributed by atoms with Gasteiger partial charge in [0.05, 0.1) is 17.6 Å². The molecule has 1 radical (unpaired) electrons. The monoisotopic (exact) mass is 385 g/mol. The predicted octanol–water partition coefficient (Wildman–Crippen LogP) is 5.26. The van der Waals surface area contributed by atoms with Crippen LogP contribution < -0.4 is 10.5 Å². The molecule has 4 heteroatoms. The molecule has 4 nitrogen and oxygen atoms in total. The Kier molecular flexibility index (Phi) is 5.01.